The van der Waals surface area contributed by atoms with Gasteiger partial charge in [0.05, 0.1) is 18.4 Å². The van der Waals surface area contributed by atoms with E-state index in [1.807, 2.05) is 0 Å². The van der Waals surface area contributed by atoms with E-state index in [4.69, 9.17) is 5.73 Å². The highest BCUT2D eigenvalue weighted by Crippen LogP contribution is 2.31. The van der Waals surface area contributed by atoms with Crippen molar-refractivity contribution < 1.29 is 27.1 Å². The Balaban J connectivity index is 2.32. The summed E-state index contributed by atoms with van der Waals surface area (Å²) in [5, 5.41) is 2.48. The lowest BCUT2D eigenvalue weighted by molar-refractivity contribution is -0.141. The van der Waals surface area contributed by atoms with Crippen LogP contribution >= 0.6 is 0 Å². The molecule has 1 aromatic carbocycles. The van der Waals surface area contributed by atoms with Gasteiger partial charge in [-0.05, 0) is 30.3 Å². The van der Waals surface area contributed by atoms with Crippen LogP contribution in [0.2, 0.25) is 0 Å². The lowest BCUT2D eigenvalue weighted by Crippen LogP contribution is -2.11. The molecule has 1 heterocycles. The molecule has 0 saturated heterocycles. The number of pyridine rings is 1. The molecule has 0 bridgehead atoms. The molecule has 122 valence electrons. The van der Waals surface area contributed by atoms with Crippen molar-refractivity contribution in [1.82, 2.24) is 4.98 Å². The molecule has 0 unspecified atom stereocenters. The maximum Gasteiger partial charge on any atom is 0.433 e. The van der Waals surface area contributed by atoms with Crippen LogP contribution in [0, 0.1) is 5.82 Å². The second-order valence-corrected chi connectivity index (χ2v) is 4.44. The topological polar surface area (TPSA) is 77.2 Å². The van der Waals surface area contributed by atoms with Gasteiger partial charge in [0.1, 0.15) is 11.5 Å². The van der Waals surface area contributed by atoms with E-state index >= 15 is 0 Å². The Morgan fingerprint density at radius 3 is 2.52 bits per heavy atom. The molecule has 3 N–H and O–H groups in total. The summed E-state index contributed by atoms with van der Waals surface area (Å²) in [6.07, 6.45) is -4.63. The Morgan fingerprint density at radius 1 is 1.26 bits per heavy atom. The summed E-state index contributed by atoms with van der Waals surface area (Å²) in [5.41, 5.74) is 4.15. The van der Waals surface area contributed by atoms with Crippen molar-refractivity contribution >= 4 is 23.2 Å². The van der Waals surface area contributed by atoms with Gasteiger partial charge in [0.2, 0.25) is 0 Å². The van der Waals surface area contributed by atoms with Gasteiger partial charge in [-0.15, -0.1) is 0 Å². The lowest BCUT2D eigenvalue weighted by atomic mass is 10.2. The molecule has 0 amide bonds. The molecule has 0 aliphatic carbocycles. The summed E-state index contributed by atoms with van der Waals surface area (Å²) < 4.78 is 56.1. The van der Waals surface area contributed by atoms with E-state index in [0.29, 0.717) is 0 Å². The molecule has 5 nitrogen and oxygen atoms in total. The van der Waals surface area contributed by atoms with Crippen LogP contribution in [0.5, 0.6) is 0 Å². The first kappa shape index (κ1) is 16.5. The fourth-order valence-corrected chi connectivity index (χ4v) is 1.73. The van der Waals surface area contributed by atoms with Gasteiger partial charge in [-0.2, -0.15) is 13.2 Å². The summed E-state index contributed by atoms with van der Waals surface area (Å²) in [7, 11) is 1.10. The number of rotatable bonds is 3. The summed E-state index contributed by atoms with van der Waals surface area (Å²) >= 11 is 0. The molecule has 0 radical (unpaired) electrons. The van der Waals surface area contributed by atoms with E-state index in [1.54, 1.807) is 0 Å². The molecular weight excluding hydrogens is 318 g/mol. The lowest BCUT2D eigenvalue weighted by Gasteiger charge is -2.12. The van der Waals surface area contributed by atoms with Crippen molar-refractivity contribution in [3.05, 3.63) is 47.4 Å². The fraction of sp³-hybridized carbons (Fsp3) is 0.143. The molecule has 23 heavy (non-hydrogen) atoms. The number of halogens is 4. The molecule has 0 aliphatic heterocycles. The van der Waals surface area contributed by atoms with Gasteiger partial charge in [-0.1, -0.05) is 0 Å². The molecule has 2 aromatic rings. The highest BCUT2D eigenvalue weighted by Gasteiger charge is 2.33. The second kappa shape index (κ2) is 6.11. The Labute approximate surface area is 128 Å². The maximum absolute atomic E-state index is 13.8. The van der Waals surface area contributed by atoms with Crippen LogP contribution in [-0.2, 0) is 10.9 Å². The summed E-state index contributed by atoms with van der Waals surface area (Å²) in [4.78, 5) is 14.6. The van der Waals surface area contributed by atoms with Crippen molar-refractivity contribution in [2.75, 3.05) is 18.2 Å². The molecule has 0 saturated carbocycles. The van der Waals surface area contributed by atoms with Crippen LogP contribution < -0.4 is 11.1 Å². The zero-order valence-electron chi connectivity index (χ0n) is 11.7. The molecule has 0 spiro atoms. The monoisotopic (exact) mass is 329 g/mol. The zero-order valence-corrected chi connectivity index (χ0v) is 11.7. The highest BCUT2D eigenvalue weighted by molar-refractivity contribution is 5.90. The average Bonchev–Trinajstić information content (AvgIpc) is 2.47. The quantitative estimate of drug-likeness (QED) is 0.667. The number of anilines is 3. The fourth-order valence-electron chi connectivity index (χ4n) is 1.73. The first-order valence-electron chi connectivity index (χ1n) is 6.21. The van der Waals surface area contributed by atoms with Crippen molar-refractivity contribution in [2.45, 2.75) is 6.18 Å². The number of carbonyl (C=O) groups excluding carboxylic acids is 1. The smallest absolute Gasteiger partial charge is 0.433 e. The number of aromatic nitrogens is 1. The third-order valence-electron chi connectivity index (χ3n) is 2.85. The van der Waals surface area contributed by atoms with Crippen molar-refractivity contribution in [3.8, 4) is 0 Å². The van der Waals surface area contributed by atoms with Gasteiger partial charge in [0.25, 0.3) is 0 Å². The van der Waals surface area contributed by atoms with Crippen LogP contribution in [0.3, 0.4) is 0 Å². The third kappa shape index (κ3) is 3.68. The first-order valence-corrected chi connectivity index (χ1v) is 6.21. The number of ether oxygens (including phenoxy) is 1. The Bertz CT molecular complexity index is 747. The number of nitrogens with two attached hydrogens (primary N) is 1. The molecule has 9 heteroatoms. The molecule has 0 atom stereocenters. The minimum absolute atomic E-state index is 0.0459. The first-order chi connectivity index (χ1) is 10.7. The van der Waals surface area contributed by atoms with Gasteiger partial charge in [-0.3, -0.25) is 0 Å². The number of hydrogen-bond donors (Lipinski definition) is 2. The largest absolute Gasteiger partial charge is 0.465 e. The summed E-state index contributed by atoms with van der Waals surface area (Å²) in [6, 6.07) is 5.12. The number of esters is 1. The highest BCUT2D eigenvalue weighted by atomic mass is 19.4. The molecule has 0 aliphatic rings. The van der Waals surface area contributed by atoms with E-state index in [-0.39, 0.29) is 22.8 Å². The number of methoxy groups -OCH3 is 1. The second-order valence-electron chi connectivity index (χ2n) is 4.44. The number of benzene rings is 1. The van der Waals surface area contributed by atoms with Crippen LogP contribution in [0.25, 0.3) is 0 Å². The standard InChI is InChI=1S/C14H11F4N3O2/c1-23-13(22)8-3-2-7(6-9(8)15)20-12-10(19)4-5-11(21-12)14(16,17)18/h2-6H,19H2,1H3,(H,20,21). The SMILES string of the molecule is COC(=O)c1ccc(Nc2nc(C(F)(F)F)ccc2N)cc1F. The Hall–Kier alpha value is -2.84. The van der Waals surface area contributed by atoms with Crippen LogP contribution in [0.15, 0.2) is 30.3 Å². The van der Waals surface area contributed by atoms with Gasteiger partial charge in [0.15, 0.2) is 5.82 Å². The summed E-state index contributed by atoms with van der Waals surface area (Å²) in [6.45, 7) is 0. The van der Waals surface area contributed by atoms with Crippen LogP contribution in [-0.4, -0.2) is 18.1 Å². The zero-order chi connectivity index (χ0) is 17.2. The number of nitrogens with zero attached hydrogens (tertiary/aromatic N) is 1. The third-order valence-corrected chi connectivity index (χ3v) is 2.85. The van der Waals surface area contributed by atoms with Crippen molar-refractivity contribution in [1.29, 1.82) is 0 Å². The van der Waals surface area contributed by atoms with E-state index in [2.05, 4.69) is 15.0 Å². The van der Waals surface area contributed by atoms with Gasteiger partial charge < -0.3 is 15.8 Å². The minimum Gasteiger partial charge on any atom is -0.465 e. The number of alkyl halides is 3. The molecule has 0 fully saturated rings. The summed E-state index contributed by atoms with van der Waals surface area (Å²) in [5.74, 6) is -2.04. The predicted molar refractivity (Wildman–Crippen MR) is 74.7 cm³/mol. The molecule has 1 aromatic heterocycles. The van der Waals surface area contributed by atoms with E-state index < -0.39 is 23.7 Å². The van der Waals surface area contributed by atoms with Crippen molar-refractivity contribution in [2.24, 2.45) is 0 Å². The van der Waals surface area contributed by atoms with Gasteiger partial charge >= 0.3 is 12.1 Å². The maximum atomic E-state index is 13.8. The Kier molecular flexibility index (Phi) is 4.39. The number of nitrogens with one attached hydrogen (secondary N) is 1. The van der Waals surface area contributed by atoms with Gasteiger partial charge in [0, 0.05) is 5.69 Å². The van der Waals surface area contributed by atoms with Crippen LogP contribution in [0.4, 0.5) is 34.8 Å². The van der Waals surface area contributed by atoms with Crippen LogP contribution in [0.1, 0.15) is 16.1 Å². The number of nitrogen functional groups attached to an aromatic ring is 1. The van der Waals surface area contributed by atoms with E-state index in [0.717, 1.165) is 31.4 Å². The van der Waals surface area contributed by atoms with E-state index in [9.17, 15) is 22.4 Å². The molecule has 2 rings (SSSR count). The van der Waals surface area contributed by atoms with Gasteiger partial charge in [-0.25, -0.2) is 14.2 Å². The minimum atomic E-state index is -4.63. The van der Waals surface area contributed by atoms with E-state index in [1.165, 1.54) is 6.07 Å². The average molecular weight is 329 g/mol. The normalized spacial score (nSPS) is 11.2. The Morgan fingerprint density at radius 2 is 1.96 bits per heavy atom. The number of hydrogen-bond acceptors (Lipinski definition) is 5. The predicted octanol–water partition coefficient (Wildman–Crippen LogP) is 3.35. The van der Waals surface area contributed by atoms with Crippen molar-refractivity contribution in [3.63, 3.8) is 0 Å². The number of carbonyl (C=O) groups is 1. The molecular formula is C14H11F4N3O2.